The lowest BCUT2D eigenvalue weighted by atomic mass is 9.92. The fourth-order valence-electron chi connectivity index (χ4n) is 2.91. The van der Waals surface area contributed by atoms with Crippen molar-refractivity contribution in [2.24, 2.45) is 5.92 Å². The van der Waals surface area contributed by atoms with Crippen LogP contribution >= 0.6 is 11.8 Å². The van der Waals surface area contributed by atoms with Crippen LogP contribution in [0.25, 0.3) is 0 Å². The number of nitrogens with one attached hydrogen (secondary N) is 1. The second kappa shape index (κ2) is 5.28. The molecule has 2 heterocycles. The van der Waals surface area contributed by atoms with Crippen molar-refractivity contribution in [3.05, 3.63) is 0 Å². The fraction of sp³-hybridized carbons (Fsp3) is 1.00. The third-order valence-corrected chi connectivity index (χ3v) is 5.19. The average Bonchev–Trinajstić information content (AvgIpc) is 2.20. The summed E-state index contributed by atoms with van der Waals surface area (Å²) < 4.78 is 0.455. The Labute approximate surface area is 105 Å². The molecule has 0 saturated carbocycles. The maximum atomic E-state index is 3.70. The molecule has 1 N–H and O–H groups in total. The van der Waals surface area contributed by atoms with E-state index >= 15 is 0 Å². The first-order chi connectivity index (χ1) is 7.57. The van der Waals surface area contributed by atoms with Crippen LogP contribution in [0.15, 0.2) is 0 Å². The zero-order chi connectivity index (χ0) is 11.6. The third kappa shape index (κ3) is 3.38. The molecule has 2 nitrogen and oxygen atoms in total. The van der Waals surface area contributed by atoms with E-state index in [0.717, 1.165) is 12.0 Å². The van der Waals surface area contributed by atoms with Gasteiger partial charge in [0.05, 0.1) is 0 Å². The van der Waals surface area contributed by atoms with E-state index in [2.05, 4.69) is 42.7 Å². The Morgan fingerprint density at radius 3 is 2.94 bits per heavy atom. The predicted molar refractivity (Wildman–Crippen MR) is 73.2 cm³/mol. The Morgan fingerprint density at radius 1 is 1.44 bits per heavy atom. The van der Waals surface area contributed by atoms with E-state index < -0.39 is 0 Å². The van der Waals surface area contributed by atoms with E-state index in [4.69, 9.17) is 0 Å². The lowest BCUT2D eigenvalue weighted by Gasteiger charge is -2.41. The third-order valence-electron chi connectivity index (χ3n) is 3.89. The van der Waals surface area contributed by atoms with Crippen LogP contribution in [0.3, 0.4) is 0 Å². The van der Waals surface area contributed by atoms with Crippen molar-refractivity contribution in [2.75, 3.05) is 31.9 Å². The van der Waals surface area contributed by atoms with E-state index in [9.17, 15) is 0 Å². The Hall–Kier alpha value is 0.270. The number of hydrogen-bond donors (Lipinski definition) is 1. The minimum atomic E-state index is 0.455. The van der Waals surface area contributed by atoms with Gasteiger partial charge < -0.3 is 5.32 Å². The smallest absolute Gasteiger partial charge is 0.0231 e. The van der Waals surface area contributed by atoms with Crippen LogP contribution in [0.4, 0.5) is 0 Å². The molecule has 2 atom stereocenters. The van der Waals surface area contributed by atoms with Gasteiger partial charge >= 0.3 is 0 Å². The van der Waals surface area contributed by atoms with E-state index in [-0.39, 0.29) is 0 Å². The largest absolute Gasteiger partial charge is 0.312 e. The number of hydrogen-bond acceptors (Lipinski definition) is 3. The van der Waals surface area contributed by atoms with Gasteiger partial charge in [-0.25, -0.2) is 0 Å². The summed E-state index contributed by atoms with van der Waals surface area (Å²) in [6.07, 6.45) is 2.77. The van der Waals surface area contributed by atoms with Gasteiger partial charge in [0.2, 0.25) is 0 Å². The van der Waals surface area contributed by atoms with Crippen molar-refractivity contribution < 1.29 is 0 Å². The summed E-state index contributed by atoms with van der Waals surface area (Å²) in [5.41, 5.74) is 0. The van der Waals surface area contributed by atoms with E-state index in [1.165, 1.54) is 44.8 Å². The first-order valence-electron chi connectivity index (χ1n) is 6.66. The van der Waals surface area contributed by atoms with Gasteiger partial charge in [-0.2, -0.15) is 11.8 Å². The molecule has 0 spiro atoms. The van der Waals surface area contributed by atoms with Crippen LogP contribution in [0.2, 0.25) is 0 Å². The molecule has 0 aromatic heterocycles. The summed E-state index contributed by atoms with van der Waals surface area (Å²) in [5, 5.41) is 3.70. The van der Waals surface area contributed by atoms with Crippen LogP contribution in [0.1, 0.15) is 33.6 Å². The maximum Gasteiger partial charge on any atom is 0.0231 e. The van der Waals surface area contributed by atoms with Gasteiger partial charge in [-0.15, -0.1) is 0 Å². The van der Waals surface area contributed by atoms with Gasteiger partial charge in [0.15, 0.2) is 0 Å². The number of rotatable bonds is 2. The van der Waals surface area contributed by atoms with Crippen LogP contribution < -0.4 is 5.32 Å². The molecule has 2 unspecified atom stereocenters. The SMILES string of the molecule is CC1CCCNC1CN1CCSC(C)(C)C1. The second-order valence-electron chi connectivity index (χ2n) is 6.02. The lowest BCUT2D eigenvalue weighted by Crippen LogP contribution is -2.52. The highest BCUT2D eigenvalue weighted by atomic mass is 32.2. The molecule has 2 aliphatic rings. The molecule has 2 rings (SSSR count). The molecule has 0 aromatic carbocycles. The van der Waals surface area contributed by atoms with Crippen molar-refractivity contribution in [3.63, 3.8) is 0 Å². The molecule has 0 aromatic rings. The number of thioether (sulfide) groups is 1. The Kier molecular flexibility index (Phi) is 4.20. The van der Waals surface area contributed by atoms with Gasteiger partial charge in [-0.3, -0.25) is 4.90 Å². The molecular formula is C13H26N2S. The average molecular weight is 242 g/mol. The van der Waals surface area contributed by atoms with Crippen LogP contribution in [-0.2, 0) is 0 Å². The zero-order valence-corrected chi connectivity index (χ0v) is 11.8. The molecule has 0 amide bonds. The summed E-state index contributed by atoms with van der Waals surface area (Å²) >= 11 is 2.12. The van der Waals surface area contributed by atoms with Crippen molar-refractivity contribution in [2.45, 2.75) is 44.4 Å². The zero-order valence-electron chi connectivity index (χ0n) is 11.0. The highest BCUT2D eigenvalue weighted by Crippen LogP contribution is 2.30. The monoisotopic (exact) mass is 242 g/mol. The quantitative estimate of drug-likeness (QED) is 0.799. The molecule has 16 heavy (non-hydrogen) atoms. The molecule has 2 fully saturated rings. The van der Waals surface area contributed by atoms with Crippen molar-refractivity contribution in [3.8, 4) is 0 Å². The molecule has 94 valence electrons. The molecule has 2 saturated heterocycles. The topological polar surface area (TPSA) is 15.3 Å². The van der Waals surface area contributed by atoms with Crippen molar-refractivity contribution in [1.82, 2.24) is 10.2 Å². The predicted octanol–water partition coefficient (Wildman–Crippen LogP) is 2.20. The minimum Gasteiger partial charge on any atom is -0.312 e. The number of nitrogens with zero attached hydrogens (tertiary/aromatic N) is 1. The maximum absolute atomic E-state index is 3.70. The van der Waals surface area contributed by atoms with Crippen molar-refractivity contribution in [1.29, 1.82) is 0 Å². The molecule has 3 heteroatoms. The van der Waals surface area contributed by atoms with E-state index in [1.54, 1.807) is 0 Å². The van der Waals surface area contributed by atoms with E-state index in [0.29, 0.717) is 4.75 Å². The van der Waals surface area contributed by atoms with Crippen molar-refractivity contribution >= 4 is 11.8 Å². The normalized spacial score (nSPS) is 36.2. The molecule has 0 aliphatic carbocycles. The van der Waals surface area contributed by atoms with Crippen LogP contribution in [-0.4, -0.2) is 47.6 Å². The summed E-state index contributed by atoms with van der Waals surface area (Å²) in [7, 11) is 0. The Bertz CT molecular complexity index is 230. The molecule has 2 aliphatic heterocycles. The standard InChI is InChI=1S/C13H26N2S/c1-11-5-4-6-14-12(11)9-15-7-8-16-13(2,3)10-15/h11-12,14H,4-10H2,1-3H3. The summed E-state index contributed by atoms with van der Waals surface area (Å²) in [4.78, 5) is 2.66. The van der Waals surface area contributed by atoms with Gasteiger partial charge in [-0.05, 0) is 39.2 Å². The first-order valence-corrected chi connectivity index (χ1v) is 7.65. The molecule has 0 radical (unpaired) electrons. The molecular weight excluding hydrogens is 216 g/mol. The highest BCUT2D eigenvalue weighted by Gasteiger charge is 2.30. The summed E-state index contributed by atoms with van der Waals surface area (Å²) in [6, 6.07) is 0.729. The van der Waals surface area contributed by atoms with Crippen LogP contribution in [0, 0.1) is 5.92 Å². The van der Waals surface area contributed by atoms with Gasteiger partial charge in [-0.1, -0.05) is 6.92 Å². The summed E-state index contributed by atoms with van der Waals surface area (Å²) in [5.74, 6) is 2.15. The second-order valence-corrected chi connectivity index (χ2v) is 7.83. The molecule has 0 bridgehead atoms. The van der Waals surface area contributed by atoms with Gasteiger partial charge in [0.1, 0.15) is 0 Å². The van der Waals surface area contributed by atoms with E-state index in [1.807, 2.05) is 0 Å². The lowest BCUT2D eigenvalue weighted by molar-refractivity contribution is 0.185. The fourth-order valence-corrected chi connectivity index (χ4v) is 4.08. The van der Waals surface area contributed by atoms with Gasteiger partial charge in [0, 0.05) is 36.2 Å². The Balaban J connectivity index is 1.84. The van der Waals surface area contributed by atoms with Crippen LogP contribution in [0.5, 0.6) is 0 Å². The Morgan fingerprint density at radius 2 is 2.25 bits per heavy atom. The van der Waals surface area contributed by atoms with Gasteiger partial charge in [0.25, 0.3) is 0 Å². The first kappa shape index (κ1) is 12.7. The highest BCUT2D eigenvalue weighted by molar-refractivity contribution is 8.00. The summed E-state index contributed by atoms with van der Waals surface area (Å²) in [6.45, 7) is 12.2. The minimum absolute atomic E-state index is 0.455. The number of piperidine rings is 1.